The zero-order valence-electron chi connectivity index (χ0n) is 16.6. The van der Waals surface area contributed by atoms with Crippen molar-refractivity contribution < 1.29 is 14.3 Å². The maximum atomic E-state index is 12.5. The van der Waals surface area contributed by atoms with Gasteiger partial charge in [0.25, 0.3) is 0 Å². The van der Waals surface area contributed by atoms with Gasteiger partial charge in [0.2, 0.25) is 0 Å². The summed E-state index contributed by atoms with van der Waals surface area (Å²) in [4.78, 5) is 17.2. The lowest BCUT2D eigenvalue weighted by molar-refractivity contribution is 0.0735. The largest absolute Gasteiger partial charge is 0.497 e. The Hall–Kier alpha value is -3.64. The molecular weight excluding hydrogens is 396 g/mol. The van der Waals surface area contributed by atoms with E-state index in [2.05, 4.69) is 10.3 Å². The Bertz CT molecular complexity index is 1150. The number of hydrogen-bond donors (Lipinski definition) is 1. The van der Waals surface area contributed by atoms with Crippen molar-refractivity contribution in [2.24, 2.45) is 0 Å². The van der Waals surface area contributed by atoms with Crippen LogP contribution in [0.15, 0.2) is 78.2 Å². The van der Waals surface area contributed by atoms with Gasteiger partial charge in [0, 0.05) is 16.6 Å². The zero-order chi connectivity index (χ0) is 20.9. The van der Waals surface area contributed by atoms with Crippen LogP contribution in [0.5, 0.6) is 11.5 Å². The van der Waals surface area contributed by atoms with Crippen molar-refractivity contribution in [1.29, 1.82) is 0 Å². The molecule has 0 bridgehead atoms. The fourth-order valence-electron chi connectivity index (χ4n) is 2.87. The minimum atomic E-state index is -0.421. The number of carbonyl (C=O) groups is 1. The Kier molecular flexibility index (Phi) is 5.77. The van der Waals surface area contributed by atoms with Crippen molar-refractivity contribution >= 4 is 28.1 Å². The third kappa shape index (κ3) is 4.50. The summed E-state index contributed by atoms with van der Waals surface area (Å²) < 4.78 is 11.0. The van der Waals surface area contributed by atoms with E-state index < -0.39 is 5.97 Å². The highest BCUT2D eigenvalue weighted by molar-refractivity contribution is 7.14. The monoisotopic (exact) mass is 416 g/mol. The number of nitrogens with zero attached hydrogens (tertiary/aromatic N) is 1. The molecule has 1 N–H and O–H groups in total. The van der Waals surface area contributed by atoms with Crippen molar-refractivity contribution in [2.45, 2.75) is 6.92 Å². The molecule has 0 saturated heterocycles. The zero-order valence-corrected chi connectivity index (χ0v) is 17.4. The molecule has 4 aromatic rings. The van der Waals surface area contributed by atoms with Crippen molar-refractivity contribution in [3.63, 3.8) is 0 Å². The minimum absolute atomic E-state index is 0.421. The lowest BCUT2D eigenvalue weighted by atomic mass is 10.1. The number of benzene rings is 3. The van der Waals surface area contributed by atoms with Crippen molar-refractivity contribution in [1.82, 2.24) is 4.98 Å². The first-order chi connectivity index (χ1) is 14.6. The van der Waals surface area contributed by atoms with Crippen LogP contribution in [0.4, 0.5) is 10.8 Å². The molecule has 4 rings (SSSR count). The highest BCUT2D eigenvalue weighted by atomic mass is 32.1. The molecule has 0 saturated carbocycles. The molecule has 3 aromatic carbocycles. The first-order valence-corrected chi connectivity index (χ1v) is 10.3. The van der Waals surface area contributed by atoms with Gasteiger partial charge in [-0.25, -0.2) is 9.78 Å². The Balaban J connectivity index is 1.62. The average Bonchev–Trinajstić information content (AvgIpc) is 3.24. The van der Waals surface area contributed by atoms with Crippen LogP contribution in [0.3, 0.4) is 0 Å². The second kappa shape index (κ2) is 8.80. The van der Waals surface area contributed by atoms with Crippen LogP contribution < -0.4 is 14.8 Å². The number of thiazole rings is 1. The second-order valence-electron chi connectivity index (χ2n) is 6.65. The van der Waals surface area contributed by atoms with E-state index >= 15 is 0 Å². The van der Waals surface area contributed by atoms with Gasteiger partial charge >= 0.3 is 5.97 Å². The van der Waals surface area contributed by atoms with Crippen molar-refractivity contribution in [3.8, 4) is 22.8 Å². The summed E-state index contributed by atoms with van der Waals surface area (Å²) in [5.41, 5.74) is 4.03. The number of aryl methyl sites for hydroxylation is 1. The Labute approximate surface area is 178 Å². The lowest BCUT2D eigenvalue weighted by Gasteiger charge is -2.10. The third-order valence-corrected chi connectivity index (χ3v) is 5.24. The standard InChI is InChI=1S/C24H20N2O3S/c1-16-8-10-18(11-9-16)25-24-26-21(15-30-24)20-14-19(28-2)12-13-22(20)29-23(27)17-6-4-3-5-7-17/h3-15H,1-2H3,(H,25,26). The van der Waals surface area contributed by atoms with E-state index in [4.69, 9.17) is 9.47 Å². The van der Waals surface area contributed by atoms with Crippen LogP contribution in [0.25, 0.3) is 11.3 Å². The molecule has 0 radical (unpaired) electrons. The molecule has 5 nitrogen and oxygen atoms in total. The maximum absolute atomic E-state index is 12.5. The summed E-state index contributed by atoms with van der Waals surface area (Å²) in [6, 6.07) is 22.3. The number of esters is 1. The van der Waals surface area contributed by atoms with Gasteiger partial charge in [-0.05, 0) is 49.4 Å². The van der Waals surface area contributed by atoms with E-state index in [9.17, 15) is 4.79 Å². The van der Waals surface area contributed by atoms with Gasteiger partial charge < -0.3 is 14.8 Å². The molecule has 0 aliphatic carbocycles. The molecule has 1 heterocycles. The third-order valence-electron chi connectivity index (χ3n) is 4.48. The number of anilines is 2. The van der Waals surface area contributed by atoms with Gasteiger partial charge in [-0.1, -0.05) is 35.9 Å². The molecule has 0 aliphatic rings. The number of carbonyl (C=O) groups excluding carboxylic acids is 1. The number of hydrogen-bond acceptors (Lipinski definition) is 6. The summed E-state index contributed by atoms with van der Waals surface area (Å²) in [6.45, 7) is 2.05. The molecule has 0 amide bonds. The summed E-state index contributed by atoms with van der Waals surface area (Å²) >= 11 is 1.48. The predicted molar refractivity (Wildman–Crippen MR) is 120 cm³/mol. The number of aromatic nitrogens is 1. The van der Waals surface area contributed by atoms with E-state index in [-0.39, 0.29) is 0 Å². The molecule has 150 valence electrons. The Morgan fingerprint density at radius 3 is 2.50 bits per heavy atom. The normalized spacial score (nSPS) is 10.5. The topological polar surface area (TPSA) is 60.5 Å². The highest BCUT2D eigenvalue weighted by Crippen LogP contribution is 2.36. The number of ether oxygens (including phenoxy) is 2. The quantitative estimate of drug-likeness (QED) is 0.304. The Morgan fingerprint density at radius 1 is 1.00 bits per heavy atom. The molecule has 0 fully saturated rings. The summed E-state index contributed by atoms with van der Waals surface area (Å²) in [7, 11) is 1.60. The summed E-state index contributed by atoms with van der Waals surface area (Å²) in [6.07, 6.45) is 0. The molecule has 6 heteroatoms. The second-order valence-corrected chi connectivity index (χ2v) is 7.50. The van der Waals surface area contributed by atoms with E-state index in [1.807, 2.05) is 48.7 Å². The fourth-order valence-corrected chi connectivity index (χ4v) is 3.60. The smallest absolute Gasteiger partial charge is 0.343 e. The van der Waals surface area contributed by atoms with Crippen LogP contribution >= 0.6 is 11.3 Å². The fraction of sp³-hybridized carbons (Fsp3) is 0.0833. The average molecular weight is 417 g/mol. The van der Waals surface area contributed by atoms with Crippen LogP contribution in [0, 0.1) is 6.92 Å². The van der Waals surface area contributed by atoms with Gasteiger partial charge in [0.15, 0.2) is 5.13 Å². The SMILES string of the molecule is COc1ccc(OC(=O)c2ccccc2)c(-c2csc(Nc3ccc(C)cc3)n2)c1. The van der Waals surface area contributed by atoms with Gasteiger partial charge in [0.1, 0.15) is 11.5 Å². The first kappa shape index (κ1) is 19.7. The van der Waals surface area contributed by atoms with Crippen molar-refractivity contribution in [3.05, 3.63) is 89.3 Å². The van der Waals surface area contributed by atoms with E-state index in [1.54, 1.807) is 43.5 Å². The summed E-state index contributed by atoms with van der Waals surface area (Å²) in [5, 5.41) is 5.97. The van der Waals surface area contributed by atoms with E-state index in [0.29, 0.717) is 28.3 Å². The molecule has 0 unspecified atom stereocenters. The number of rotatable bonds is 6. The molecule has 1 aromatic heterocycles. The van der Waals surface area contributed by atoms with Crippen molar-refractivity contribution in [2.75, 3.05) is 12.4 Å². The van der Waals surface area contributed by atoms with Gasteiger partial charge in [-0.2, -0.15) is 0 Å². The number of methoxy groups -OCH3 is 1. The summed E-state index contributed by atoms with van der Waals surface area (Å²) in [5.74, 6) is 0.664. The lowest BCUT2D eigenvalue weighted by Crippen LogP contribution is -2.09. The Morgan fingerprint density at radius 2 is 1.77 bits per heavy atom. The molecule has 0 atom stereocenters. The molecule has 0 spiro atoms. The van der Waals surface area contributed by atoms with Gasteiger partial charge in [0.05, 0.1) is 18.4 Å². The molecular formula is C24H20N2O3S. The number of nitrogens with one attached hydrogen (secondary N) is 1. The molecule has 30 heavy (non-hydrogen) atoms. The van der Waals surface area contributed by atoms with E-state index in [1.165, 1.54) is 16.9 Å². The van der Waals surface area contributed by atoms with Gasteiger partial charge in [-0.15, -0.1) is 11.3 Å². The van der Waals surface area contributed by atoms with Crippen LogP contribution in [-0.4, -0.2) is 18.1 Å². The predicted octanol–water partition coefficient (Wildman–Crippen LogP) is 6.09. The highest BCUT2D eigenvalue weighted by Gasteiger charge is 2.16. The van der Waals surface area contributed by atoms with E-state index in [0.717, 1.165) is 10.8 Å². The minimum Gasteiger partial charge on any atom is -0.497 e. The van der Waals surface area contributed by atoms with Crippen LogP contribution in [0.2, 0.25) is 0 Å². The van der Waals surface area contributed by atoms with Crippen LogP contribution in [0.1, 0.15) is 15.9 Å². The van der Waals surface area contributed by atoms with Gasteiger partial charge in [-0.3, -0.25) is 0 Å². The maximum Gasteiger partial charge on any atom is 0.343 e. The first-order valence-electron chi connectivity index (χ1n) is 9.37. The van der Waals surface area contributed by atoms with Crippen LogP contribution in [-0.2, 0) is 0 Å². The molecule has 0 aliphatic heterocycles.